The van der Waals surface area contributed by atoms with Gasteiger partial charge < -0.3 is 15.1 Å². The van der Waals surface area contributed by atoms with Crippen LogP contribution in [0.4, 0.5) is 15.9 Å². The van der Waals surface area contributed by atoms with E-state index in [0.29, 0.717) is 17.9 Å². The molecule has 3 rings (SSSR count). The predicted molar refractivity (Wildman–Crippen MR) is 89.0 cm³/mol. The Balaban J connectivity index is 1.52. The third kappa shape index (κ3) is 4.42. The highest BCUT2D eigenvalue weighted by atomic mass is 19.1. The lowest BCUT2D eigenvalue weighted by Crippen LogP contribution is -2.15. The second kappa shape index (κ2) is 7.41. The Morgan fingerprint density at radius 3 is 2.79 bits per heavy atom. The highest BCUT2D eigenvalue weighted by molar-refractivity contribution is 5.91. The molecular formula is C18H16FN3O2. The summed E-state index contributed by atoms with van der Waals surface area (Å²) in [7, 11) is 0. The molecule has 2 heterocycles. The van der Waals surface area contributed by atoms with E-state index < -0.39 is 0 Å². The van der Waals surface area contributed by atoms with Crippen molar-refractivity contribution in [3.63, 3.8) is 0 Å². The van der Waals surface area contributed by atoms with Crippen molar-refractivity contribution >= 4 is 17.4 Å². The third-order valence-corrected chi connectivity index (χ3v) is 3.33. The first-order valence-electron chi connectivity index (χ1n) is 7.46. The number of halogens is 1. The van der Waals surface area contributed by atoms with E-state index in [1.165, 1.54) is 12.1 Å². The molecule has 0 atom stereocenters. The average Bonchev–Trinajstić information content (AvgIpc) is 3.07. The molecule has 122 valence electrons. The normalized spacial score (nSPS) is 10.4. The van der Waals surface area contributed by atoms with Gasteiger partial charge in [0.25, 0.3) is 0 Å². The third-order valence-electron chi connectivity index (χ3n) is 3.33. The number of nitrogens with zero attached hydrogens (tertiary/aromatic N) is 1. The van der Waals surface area contributed by atoms with Crippen LogP contribution in [0.5, 0.6) is 0 Å². The van der Waals surface area contributed by atoms with Gasteiger partial charge in [-0.3, -0.25) is 4.79 Å². The van der Waals surface area contributed by atoms with Gasteiger partial charge in [-0.05, 0) is 42.0 Å². The molecule has 0 aliphatic heterocycles. The lowest BCUT2D eigenvalue weighted by Gasteiger charge is -2.07. The Hall–Kier alpha value is -3.15. The van der Waals surface area contributed by atoms with Gasteiger partial charge in [-0.1, -0.05) is 12.1 Å². The average molecular weight is 325 g/mol. The molecule has 5 nitrogen and oxygen atoms in total. The number of carbonyl (C=O) groups is 1. The van der Waals surface area contributed by atoms with Crippen molar-refractivity contribution in [1.82, 2.24) is 4.98 Å². The first-order valence-corrected chi connectivity index (χ1v) is 7.46. The van der Waals surface area contributed by atoms with Gasteiger partial charge >= 0.3 is 0 Å². The van der Waals surface area contributed by atoms with E-state index in [1.54, 1.807) is 30.7 Å². The van der Waals surface area contributed by atoms with Gasteiger partial charge in [0.1, 0.15) is 17.4 Å². The number of hydrogen-bond acceptors (Lipinski definition) is 4. The summed E-state index contributed by atoms with van der Waals surface area (Å²) < 4.78 is 18.3. The second-order valence-electron chi connectivity index (χ2n) is 5.22. The number of hydrogen-bond donors (Lipinski definition) is 2. The standard InChI is InChI=1S/C18H16FN3O2/c19-14-4-1-3-13(9-14)10-18(23)22-17-7-6-15(11-21-17)20-12-16-5-2-8-24-16/h1-9,11,20H,10,12H2,(H,21,22,23). The summed E-state index contributed by atoms with van der Waals surface area (Å²) in [5, 5.41) is 5.85. The van der Waals surface area contributed by atoms with Gasteiger partial charge in [0.15, 0.2) is 0 Å². The van der Waals surface area contributed by atoms with Crippen molar-refractivity contribution < 1.29 is 13.6 Å². The topological polar surface area (TPSA) is 67.2 Å². The number of carbonyl (C=O) groups excluding carboxylic acids is 1. The number of pyridine rings is 1. The van der Waals surface area contributed by atoms with Crippen molar-refractivity contribution in [1.29, 1.82) is 0 Å². The minimum Gasteiger partial charge on any atom is -0.467 e. The Labute approximate surface area is 138 Å². The monoisotopic (exact) mass is 325 g/mol. The van der Waals surface area contributed by atoms with E-state index in [-0.39, 0.29) is 18.1 Å². The molecule has 3 aromatic rings. The number of benzene rings is 1. The zero-order valence-corrected chi connectivity index (χ0v) is 12.8. The van der Waals surface area contributed by atoms with E-state index >= 15 is 0 Å². The highest BCUT2D eigenvalue weighted by Crippen LogP contribution is 2.12. The Morgan fingerprint density at radius 2 is 2.08 bits per heavy atom. The molecule has 0 radical (unpaired) electrons. The summed E-state index contributed by atoms with van der Waals surface area (Å²) in [5.74, 6) is 0.664. The lowest BCUT2D eigenvalue weighted by molar-refractivity contribution is -0.115. The van der Waals surface area contributed by atoms with Crippen LogP contribution in [0.3, 0.4) is 0 Å². The molecule has 0 saturated heterocycles. The van der Waals surface area contributed by atoms with Gasteiger partial charge in [0.05, 0.1) is 31.1 Å². The van der Waals surface area contributed by atoms with E-state index in [4.69, 9.17) is 4.42 Å². The Morgan fingerprint density at radius 1 is 1.17 bits per heavy atom. The molecule has 1 aromatic carbocycles. The predicted octanol–water partition coefficient (Wildman–Crippen LogP) is 3.61. The SMILES string of the molecule is O=C(Cc1cccc(F)c1)Nc1ccc(NCc2ccco2)cn1. The minimum absolute atomic E-state index is 0.0952. The maximum Gasteiger partial charge on any atom is 0.229 e. The number of nitrogens with one attached hydrogen (secondary N) is 2. The maximum absolute atomic E-state index is 13.1. The fraction of sp³-hybridized carbons (Fsp3) is 0.111. The molecule has 0 aliphatic rings. The van der Waals surface area contributed by atoms with Crippen molar-refractivity contribution in [2.24, 2.45) is 0 Å². The fourth-order valence-electron chi connectivity index (χ4n) is 2.19. The van der Waals surface area contributed by atoms with Crippen LogP contribution in [-0.2, 0) is 17.8 Å². The smallest absolute Gasteiger partial charge is 0.229 e. The quantitative estimate of drug-likeness (QED) is 0.726. The van der Waals surface area contributed by atoms with Crippen molar-refractivity contribution in [2.45, 2.75) is 13.0 Å². The molecule has 24 heavy (non-hydrogen) atoms. The minimum atomic E-state index is -0.356. The molecule has 0 aliphatic carbocycles. The summed E-state index contributed by atoms with van der Waals surface area (Å²) >= 11 is 0. The Kier molecular flexibility index (Phi) is 4.86. The zero-order chi connectivity index (χ0) is 16.8. The molecule has 0 spiro atoms. The molecular weight excluding hydrogens is 309 g/mol. The molecule has 2 N–H and O–H groups in total. The molecule has 6 heteroatoms. The lowest BCUT2D eigenvalue weighted by atomic mass is 10.1. The van der Waals surface area contributed by atoms with E-state index in [1.807, 2.05) is 18.2 Å². The van der Waals surface area contributed by atoms with Crippen molar-refractivity contribution in [3.05, 3.63) is 78.1 Å². The van der Waals surface area contributed by atoms with Crippen molar-refractivity contribution in [3.8, 4) is 0 Å². The number of amides is 1. The number of anilines is 2. The maximum atomic E-state index is 13.1. The van der Waals surface area contributed by atoms with Crippen LogP contribution in [-0.4, -0.2) is 10.9 Å². The molecule has 0 unspecified atom stereocenters. The molecule has 0 bridgehead atoms. The summed E-state index contributed by atoms with van der Waals surface area (Å²) in [6.07, 6.45) is 3.34. The van der Waals surface area contributed by atoms with Crippen LogP contribution in [0, 0.1) is 5.82 Å². The van der Waals surface area contributed by atoms with E-state index in [9.17, 15) is 9.18 Å². The van der Waals surface area contributed by atoms with Crippen LogP contribution in [0.15, 0.2) is 65.4 Å². The summed E-state index contributed by atoms with van der Waals surface area (Å²) in [5.41, 5.74) is 1.43. The van der Waals surface area contributed by atoms with Gasteiger partial charge in [-0.25, -0.2) is 9.37 Å². The van der Waals surface area contributed by atoms with Crippen LogP contribution in [0.1, 0.15) is 11.3 Å². The molecule has 1 amide bonds. The van der Waals surface area contributed by atoms with Crippen LogP contribution in [0.2, 0.25) is 0 Å². The van der Waals surface area contributed by atoms with Crippen LogP contribution in [0.25, 0.3) is 0 Å². The first-order chi connectivity index (χ1) is 11.7. The zero-order valence-electron chi connectivity index (χ0n) is 12.8. The van der Waals surface area contributed by atoms with E-state index in [2.05, 4.69) is 15.6 Å². The summed E-state index contributed by atoms with van der Waals surface area (Å²) in [4.78, 5) is 16.1. The summed E-state index contributed by atoms with van der Waals surface area (Å²) in [6.45, 7) is 0.556. The van der Waals surface area contributed by atoms with Gasteiger partial charge in [0, 0.05) is 0 Å². The highest BCUT2D eigenvalue weighted by Gasteiger charge is 2.06. The number of furan rings is 1. The first kappa shape index (κ1) is 15.7. The fourth-order valence-corrected chi connectivity index (χ4v) is 2.19. The van der Waals surface area contributed by atoms with Crippen LogP contribution < -0.4 is 10.6 Å². The summed E-state index contributed by atoms with van der Waals surface area (Å²) in [6, 6.07) is 13.2. The number of rotatable bonds is 6. The Bertz CT molecular complexity index is 801. The van der Waals surface area contributed by atoms with Gasteiger partial charge in [-0.15, -0.1) is 0 Å². The molecule has 0 saturated carbocycles. The second-order valence-corrected chi connectivity index (χ2v) is 5.22. The largest absolute Gasteiger partial charge is 0.467 e. The van der Waals surface area contributed by atoms with Crippen LogP contribution >= 0.6 is 0 Å². The number of aromatic nitrogens is 1. The van der Waals surface area contributed by atoms with Gasteiger partial charge in [0.2, 0.25) is 5.91 Å². The molecule has 2 aromatic heterocycles. The van der Waals surface area contributed by atoms with E-state index in [0.717, 1.165) is 11.4 Å². The van der Waals surface area contributed by atoms with Gasteiger partial charge in [-0.2, -0.15) is 0 Å². The molecule has 0 fully saturated rings. The van der Waals surface area contributed by atoms with Crippen molar-refractivity contribution in [2.75, 3.05) is 10.6 Å².